The van der Waals surface area contributed by atoms with Crippen molar-refractivity contribution in [2.75, 3.05) is 5.32 Å². The molecule has 0 atom stereocenters. The fourth-order valence-corrected chi connectivity index (χ4v) is 2.59. The van der Waals surface area contributed by atoms with E-state index in [1.165, 1.54) is 19.3 Å². The van der Waals surface area contributed by atoms with Gasteiger partial charge in [0.25, 0.3) is 0 Å². The smallest absolute Gasteiger partial charge is 0.240 e. The highest BCUT2D eigenvalue weighted by Gasteiger charge is 2.05. The highest BCUT2D eigenvalue weighted by molar-refractivity contribution is 6.01. The van der Waals surface area contributed by atoms with Crippen LogP contribution in [0.3, 0.4) is 0 Å². The van der Waals surface area contributed by atoms with Gasteiger partial charge in [0.15, 0.2) is 0 Å². The van der Waals surface area contributed by atoms with E-state index in [1.807, 2.05) is 6.07 Å². The van der Waals surface area contributed by atoms with E-state index in [1.54, 1.807) is 25.1 Å². The lowest BCUT2D eigenvalue weighted by molar-refractivity contribution is -0.305. The van der Waals surface area contributed by atoms with Crippen LogP contribution in [0.1, 0.15) is 77.2 Å². The Morgan fingerprint density at radius 3 is 2.39 bits per heavy atom. The summed E-state index contributed by atoms with van der Waals surface area (Å²) in [6.45, 7) is 3.94. The Labute approximate surface area is 166 Å². The van der Waals surface area contributed by atoms with Crippen molar-refractivity contribution in [3.05, 3.63) is 29.8 Å². The van der Waals surface area contributed by atoms with Crippen molar-refractivity contribution in [3.63, 3.8) is 0 Å². The molecule has 1 aromatic rings. The second-order valence-corrected chi connectivity index (χ2v) is 6.75. The molecule has 0 aliphatic rings. The van der Waals surface area contributed by atoms with Crippen molar-refractivity contribution in [2.45, 2.75) is 71.6 Å². The molecular weight excluding hydrogens is 358 g/mol. The van der Waals surface area contributed by atoms with E-state index in [9.17, 15) is 19.5 Å². The van der Waals surface area contributed by atoms with E-state index < -0.39 is 11.9 Å². The number of carboxylic acid groups (broad SMARTS) is 1. The minimum Gasteiger partial charge on any atom is -0.550 e. The van der Waals surface area contributed by atoms with E-state index in [0.717, 1.165) is 24.8 Å². The van der Waals surface area contributed by atoms with Gasteiger partial charge in [-0.3, -0.25) is 9.59 Å². The summed E-state index contributed by atoms with van der Waals surface area (Å²) in [6, 6.07) is 6.98. The lowest BCUT2D eigenvalue weighted by Crippen LogP contribution is -2.24. The second kappa shape index (κ2) is 13.5. The maximum atomic E-state index is 11.9. The standard InChI is InChI=1S/C21H31N3O4/c1-3-4-5-6-7-8-12-20(26)24-23-16(2)17-10-9-11-18(15-17)22-19(25)13-14-21(27)28/h9-11,15H,3-8,12-14H2,1-2H3,(H,22,25)(H,24,26)(H,27,28)/p-1/b23-16-. The van der Waals surface area contributed by atoms with Gasteiger partial charge < -0.3 is 15.2 Å². The molecule has 2 N–H and O–H groups in total. The topological polar surface area (TPSA) is 111 Å². The van der Waals surface area contributed by atoms with Crippen molar-refractivity contribution < 1.29 is 19.5 Å². The number of anilines is 1. The molecule has 0 saturated heterocycles. The van der Waals surface area contributed by atoms with Crippen LogP contribution in [0.5, 0.6) is 0 Å². The molecule has 0 bridgehead atoms. The molecule has 7 nitrogen and oxygen atoms in total. The molecule has 0 fully saturated rings. The molecule has 1 rings (SSSR count). The van der Waals surface area contributed by atoms with Gasteiger partial charge in [-0.2, -0.15) is 5.10 Å². The quantitative estimate of drug-likeness (QED) is 0.307. The number of hydrogen-bond donors (Lipinski definition) is 2. The number of nitrogens with zero attached hydrogens (tertiary/aromatic N) is 1. The number of carbonyl (C=O) groups is 3. The van der Waals surface area contributed by atoms with Crippen LogP contribution in [0.25, 0.3) is 0 Å². The van der Waals surface area contributed by atoms with Crippen molar-refractivity contribution in [2.24, 2.45) is 5.10 Å². The number of carboxylic acids is 1. The largest absolute Gasteiger partial charge is 0.550 e. The van der Waals surface area contributed by atoms with Gasteiger partial charge in [-0.1, -0.05) is 51.2 Å². The maximum absolute atomic E-state index is 11.9. The molecule has 0 unspecified atom stereocenters. The third-order valence-electron chi connectivity index (χ3n) is 4.23. The van der Waals surface area contributed by atoms with Crippen LogP contribution in [-0.2, 0) is 14.4 Å². The first-order chi connectivity index (χ1) is 13.4. The zero-order valence-electron chi connectivity index (χ0n) is 16.8. The molecule has 0 radical (unpaired) electrons. The van der Waals surface area contributed by atoms with Crippen molar-refractivity contribution in [3.8, 4) is 0 Å². The minimum absolute atomic E-state index is 0.110. The summed E-state index contributed by atoms with van der Waals surface area (Å²) in [6.07, 6.45) is 6.72. The zero-order chi connectivity index (χ0) is 20.8. The first-order valence-corrected chi connectivity index (χ1v) is 9.85. The van der Waals surface area contributed by atoms with E-state index in [4.69, 9.17) is 0 Å². The number of rotatable bonds is 13. The fraction of sp³-hybridized carbons (Fsp3) is 0.524. The molecule has 0 aliphatic heterocycles. The number of amides is 2. The predicted molar refractivity (Wildman–Crippen MR) is 108 cm³/mol. The highest BCUT2D eigenvalue weighted by atomic mass is 16.4. The van der Waals surface area contributed by atoms with Crippen LogP contribution in [0.4, 0.5) is 5.69 Å². The average molecular weight is 388 g/mol. The summed E-state index contributed by atoms with van der Waals surface area (Å²) >= 11 is 0. The Hall–Kier alpha value is -2.70. The number of nitrogens with one attached hydrogen (secondary N) is 2. The molecule has 1 aromatic carbocycles. The fourth-order valence-electron chi connectivity index (χ4n) is 2.59. The summed E-state index contributed by atoms with van der Waals surface area (Å²) in [5, 5.41) is 17.2. The Balaban J connectivity index is 2.46. The van der Waals surface area contributed by atoms with Gasteiger partial charge >= 0.3 is 0 Å². The van der Waals surface area contributed by atoms with Crippen LogP contribution in [-0.4, -0.2) is 23.5 Å². The molecule has 0 heterocycles. The van der Waals surface area contributed by atoms with Crippen molar-refractivity contribution in [1.82, 2.24) is 5.43 Å². The van der Waals surface area contributed by atoms with Gasteiger partial charge in [0.05, 0.1) is 5.71 Å². The molecular formula is C21H30N3O4-. The third-order valence-corrected chi connectivity index (χ3v) is 4.23. The van der Waals surface area contributed by atoms with Crippen LogP contribution in [0.15, 0.2) is 29.4 Å². The highest BCUT2D eigenvalue weighted by Crippen LogP contribution is 2.12. The molecule has 0 spiro atoms. The summed E-state index contributed by atoms with van der Waals surface area (Å²) in [7, 11) is 0. The minimum atomic E-state index is -1.26. The van der Waals surface area contributed by atoms with Crippen molar-refractivity contribution >= 4 is 29.2 Å². The van der Waals surface area contributed by atoms with E-state index in [0.29, 0.717) is 17.8 Å². The molecule has 0 aliphatic carbocycles. The Bertz CT molecular complexity index is 686. The summed E-state index contributed by atoms with van der Waals surface area (Å²) < 4.78 is 0. The number of carbonyl (C=O) groups excluding carboxylic acids is 3. The van der Waals surface area contributed by atoms with Crippen molar-refractivity contribution in [1.29, 1.82) is 0 Å². The maximum Gasteiger partial charge on any atom is 0.240 e. The van der Waals surface area contributed by atoms with Crippen LogP contribution in [0, 0.1) is 0 Å². The van der Waals surface area contributed by atoms with Crippen LogP contribution in [0.2, 0.25) is 0 Å². The van der Waals surface area contributed by atoms with E-state index in [2.05, 4.69) is 22.8 Å². The Morgan fingerprint density at radius 2 is 1.68 bits per heavy atom. The number of hydrogen-bond acceptors (Lipinski definition) is 5. The van der Waals surface area contributed by atoms with Gasteiger partial charge in [-0.05, 0) is 37.5 Å². The summed E-state index contributed by atoms with van der Waals surface area (Å²) in [5.74, 6) is -1.77. The van der Waals surface area contributed by atoms with E-state index >= 15 is 0 Å². The van der Waals surface area contributed by atoms with Gasteiger partial charge in [-0.25, -0.2) is 5.43 Å². The monoisotopic (exact) mass is 388 g/mol. The zero-order valence-corrected chi connectivity index (χ0v) is 16.8. The SMILES string of the molecule is CCCCCCCCC(=O)N/N=C(/C)c1cccc(NC(=O)CCC(=O)[O-])c1. The first kappa shape index (κ1) is 23.3. The number of hydrazone groups is 1. The van der Waals surface area contributed by atoms with Gasteiger partial charge in [0.1, 0.15) is 0 Å². The number of benzene rings is 1. The Morgan fingerprint density at radius 1 is 0.964 bits per heavy atom. The lowest BCUT2D eigenvalue weighted by atomic mass is 10.1. The molecule has 0 saturated carbocycles. The van der Waals surface area contributed by atoms with E-state index in [-0.39, 0.29) is 18.7 Å². The molecule has 7 heteroatoms. The van der Waals surface area contributed by atoms with Gasteiger partial charge in [0, 0.05) is 24.5 Å². The molecule has 154 valence electrons. The normalized spacial score (nSPS) is 11.1. The second-order valence-electron chi connectivity index (χ2n) is 6.75. The van der Waals surface area contributed by atoms with Crippen LogP contribution >= 0.6 is 0 Å². The van der Waals surface area contributed by atoms with Gasteiger partial charge in [0.2, 0.25) is 11.8 Å². The lowest BCUT2D eigenvalue weighted by Gasteiger charge is -2.08. The molecule has 28 heavy (non-hydrogen) atoms. The third kappa shape index (κ3) is 10.4. The summed E-state index contributed by atoms with van der Waals surface area (Å²) in [5.41, 5.74) is 4.46. The van der Waals surface area contributed by atoms with Crippen LogP contribution < -0.4 is 15.8 Å². The van der Waals surface area contributed by atoms with Gasteiger partial charge in [-0.15, -0.1) is 0 Å². The predicted octanol–water partition coefficient (Wildman–Crippen LogP) is 2.75. The summed E-state index contributed by atoms with van der Waals surface area (Å²) in [4.78, 5) is 34.0. The number of aliphatic carboxylic acids is 1. The number of unbranched alkanes of at least 4 members (excludes halogenated alkanes) is 5. The first-order valence-electron chi connectivity index (χ1n) is 9.85. The molecule has 0 aromatic heterocycles. The average Bonchev–Trinajstić information content (AvgIpc) is 2.67. The Kier molecular flexibility index (Phi) is 11.2. The molecule has 2 amide bonds.